The van der Waals surface area contributed by atoms with E-state index in [4.69, 9.17) is 5.11 Å². The van der Waals surface area contributed by atoms with Crippen LogP contribution in [0.4, 0.5) is 0 Å². The van der Waals surface area contributed by atoms with Gasteiger partial charge >= 0.3 is 5.97 Å². The fourth-order valence-corrected chi connectivity index (χ4v) is 3.29. The van der Waals surface area contributed by atoms with Crippen LogP contribution >= 0.6 is 11.8 Å². The summed E-state index contributed by atoms with van der Waals surface area (Å²) < 4.78 is 0. The summed E-state index contributed by atoms with van der Waals surface area (Å²) >= 11 is 1.90. The standard InChI is InChI=1S/C14H19NO2S/c16-14(17)7-9-15-8-6-12(10-15)11-18-13-4-2-1-3-5-13/h1-5,12H,6-11H2,(H,16,17). The van der Waals surface area contributed by atoms with E-state index in [0.29, 0.717) is 12.5 Å². The molecular weight excluding hydrogens is 246 g/mol. The lowest BCUT2D eigenvalue weighted by atomic mass is 10.2. The predicted molar refractivity (Wildman–Crippen MR) is 74.0 cm³/mol. The van der Waals surface area contributed by atoms with Gasteiger partial charge in [-0.3, -0.25) is 4.79 Å². The van der Waals surface area contributed by atoms with Gasteiger partial charge in [-0.15, -0.1) is 11.8 Å². The van der Waals surface area contributed by atoms with Gasteiger partial charge in [-0.2, -0.15) is 0 Å². The van der Waals surface area contributed by atoms with Gasteiger partial charge in [0.25, 0.3) is 0 Å². The number of rotatable bonds is 6. The molecule has 0 aliphatic carbocycles. The molecule has 0 aromatic heterocycles. The Bertz CT molecular complexity index is 383. The largest absolute Gasteiger partial charge is 0.481 e. The molecule has 1 saturated heterocycles. The zero-order valence-electron chi connectivity index (χ0n) is 10.4. The van der Waals surface area contributed by atoms with Crippen LogP contribution in [0.5, 0.6) is 0 Å². The molecular formula is C14H19NO2S. The lowest BCUT2D eigenvalue weighted by molar-refractivity contribution is -0.137. The number of hydrogen-bond donors (Lipinski definition) is 1. The molecule has 1 aromatic carbocycles. The monoisotopic (exact) mass is 265 g/mol. The summed E-state index contributed by atoms with van der Waals surface area (Å²) in [5, 5.41) is 8.66. The molecule has 18 heavy (non-hydrogen) atoms. The molecule has 1 aliphatic rings. The summed E-state index contributed by atoms with van der Waals surface area (Å²) in [6.45, 7) is 2.79. The van der Waals surface area contributed by atoms with Crippen molar-refractivity contribution in [2.24, 2.45) is 5.92 Å². The van der Waals surface area contributed by atoms with Crippen molar-refractivity contribution in [3.63, 3.8) is 0 Å². The van der Waals surface area contributed by atoms with Crippen molar-refractivity contribution in [2.45, 2.75) is 17.7 Å². The van der Waals surface area contributed by atoms with E-state index in [9.17, 15) is 4.79 Å². The Morgan fingerprint density at radius 3 is 2.89 bits per heavy atom. The molecule has 0 spiro atoms. The van der Waals surface area contributed by atoms with E-state index in [1.807, 2.05) is 17.8 Å². The van der Waals surface area contributed by atoms with Crippen LogP contribution in [0.25, 0.3) is 0 Å². The molecule has 1 unspecified atom stereocenters. The highest BCUT2D eigenvalue weighted by Gasteiger charge is 2.22. The van der Waals surface area contributed by atoms with Gasteiger partial charge in [0.15, 0.2) is 0 Å². The van der Waals surface area contributed by atoms with Crippen molar-refractivity contribution in [1.82, 2.24) is 4.90 Å². The minimum atomic E-state index is -0.697. The summed E-state index contributed by atoms with van der Waals surface area (Å²) in [6, 6.07) is 10.4. The van der Waals surface area contributed by atoms with Gasteiger partial charge in [0.05, 0.1) is 6.42 Å². The highest BCUT2D eigenvalue weighted by Crippen LogP contribution is 2.25. The molecule has 1 atom stereocenters. The van der Waals surface area contributed by atoms with E-state index in [1.165, 1.54) is 11.3 Å². The van der Waals surface area contributed by atoms with Gasteiger partial charge in [0.2, 0.25) is 0 Å². The molecule has 0 radical (unpaired) electrons. The van der Waals surface area contributed by atoms with Gasteiger partial charge in [-0.1, -0.05) is 18.2 Å². The maximum Gasteiger partial charge on any atom is 0.304 e. The van der Waals surface area contributed by atoms with Crippen LogP contribution < -0.4 is 0 Å². The Morgan fingerprint density at radius 2 is 2.17 bits per heavy atom. The number of hydrogen-bond acceptors (Lipinski definition) is 3. The highest BCUT2D eigenvalue weighted by molar-refractivity contribution is 7.99. The van der Waals surface area contributed by atoms with E-state index in [1.54, 1.807) is 0 Å². The number of benzene rings is 1. The van der Waals surface area contributed by atoms with E-state index in [0.717, 1.165) is 18.8 Å². The second-order valence-electron chi connectivity index (χ2n) is 4.72. The van der Waals surface area contributed by atoms with Crippen molar-refractivity contribution in [2.75, 3.05) is 25.4 Å². The zero-order valence-corrected chi connectivity index (χ0v) is 11.2. The predicted octanol–water partition coefficient (Wildman–Crippen LogP) is 2.58. The molecule has 0 bridgehead atoms. The van der Waals surface area contributed by atoms with Crippen LogP contribution in [0, 0.1) is 5.92 Å². The Balaban J connectivity index is 1.68. The zero-order chi connectivity index (χ0) is 12.8. The summed E-state index contributed by atoms with van der Waals surface area (Å²) in [6.07, 6.45) is 1.46. The third-order valence-corrected chi connectivity index (χ3v) is 4.48. The van der Waals surface area contributed by atoms with Gasteiger partial charge in [-0.25, -0.2) is 0 Å². The molecule has 1 N–H and O–H groups in total. The second-order valence-corrected chi connectivity index (χ2v) is 5.82. The average Bonchev–Trinajstić information content (AvgIpc) is 2.83. The maximum atomic E-state index is 10.5. The third-order valence-electron chi connectivity index (χ3n) is 3.24. The summed E-state index contributed by atoms with van der Waals surface area (Å²) in [4.78, 5) is 14.1. The van der Waals surface area contributed by atoms with E-state index in [-0.39, 0.29) is 6.42 Å². The van der Waals surface area contributed by atoms with Gasteiger partial charge in [0.1, 0.15) is 0 Å². The smallest absolute Gasteiger partial charge is 0.304 e. The topological polar surface area (TPSA) is 40.5 Å². The molecule has 2 rings (SSSR count). The average molecular weight is 265 g/mol. The maximum absolute atomic E-state index is 10.5. The molecule has 1 fully saturated rings. The van der Waals surface area contributed by atoms with Crippen molar-refractivity contribution in [3.8, 4) is 0 Å². The Morgan fingerprint density at radius 1 is 1.39 bits per heavy atom. The fourth-order valence-electron chi connectivity index (χ4n) is 2.24. The van der Waals surface area contributed by atoms with Crippen molar-refractivity contribution in [3.05, 3.63) is 30.3 Å². The van der Waals surface area contributed by atoms with Crippen LogP contribution in [0.1, 0.15) is 12.8 Å². The number of carbonyl (C=O) groups is 1. The first kappa shape index (κ1) is 13.4. The summed E-state index contributed by atoms with van der Waals surface area (Å²) in [7, 11) is 0. The molecule has 1 aromatic rings. The SMILES string of the molecule is O=C(O)CCN1CCC(CSc2ccccc2)C1. The quantitative estimate of drug-likeness (QED) is 0.803. The number of likely N-dealkylation sites (tertiary alicyclic amines) is 1. The molecule has 3 nitrogen and oxygen atoms in total. The molecule has 0 saturated carbocycles. The van der Waals surface area contributed by atoms with Gasteiger partial charge in [0, 0.05) is 23.7 Å². The Labute approximate surface area is 112 Å². The van der Waals surface area contributed by atoms with Crippen molar-refractivity contribution in [1.29, 1.82) is 0 Å². The van der Waals surface area contributed by atoms with Crippen LogP contribution in [-0.2, 0) is 4.79 Å². The van der Waals surface area contributed by atoms with Crippen molar-refractivity contribution < 1.29 is 9.90 Å². The number of thioether (sulfide) groups is 1. The Hall–Kier alpha value is -1.00. The lowest BCUT2D eigenvalue weighted by Gasteiger charge is -2.14. The van der Waals surface area contributed by atoms with E-state index < -0.39 is 5.97 Å². The third kappa shape index (κ3) is 4.35. The second kappa shape index (κ2) is 6.81. The van der Waals surface area contributed by atoms with Crippen LogP contribution in [-0.4, -0.2) is 41.4 Å². The van der Waals surface area contributed by atoms with E-state index in [2.05, 4.69) is 29.2 Å². The molecule has 0 amide bonds. The normalized spacial score (nSPS) is 20.1. The molecule has 98 valence electrons. The van der Waals surface area contributed by atoms with Crippen molar-refractivity contribution >= 4 is 17.7 Å². The molecule has 1 heterocycles. The first-order chi connectivity index (χ1) is 8.74. The summed E-state index contributed by atoms with van der Waals surface area (Å²) in [5.74, 6) is 1.13. The summed E-state index contributed by atoms with van der Waals surface area (Å²) in [5.41, 5.74) is 0. The minimum absolute atomic E-state index is 0.262. The van der Waals surface area contributed by atoms with Crippen LogP contribution in [0.15, 0.2) is 35.2 Å². The molecule has 4 heteroatoms. The molecule has 1 aliphatic heterocycles. The van der Waals surface area contributed by atoms with Crippen LogP contribution in [0.2, 0.25) is 0 Å². The van der Waals surface area contributed by atoms with Crippen LogP contribution in [0.3, 0.4) is 0 Å². The van der Waals surface area contributed by atoms with E-state index >= 15 is 0 Å². The number of carboxylic acid groups (broad SMARTS) is 1. The minimum Gasteiger partial charge on any atom is -0.481 e. The number of aliphatic carboxylic acids is 1. The Kier molecular flexibility index (Phi) is 5.08. The lowest BCUT2D eigenvalue weighted by Crippen LogP contribution is -2.24. The number of carboxylic acids is 1. The highest BCUT2D eigenvalue weighted by atomic mass is 32.2. The van der Waals surface area contributed by atoms with Gasteiger partial charge < -0.3 is 10.0 Å². The first-order valence-corrected chi connectivity index (χ1v) is 7.34. The first-order valence-electron chi connectivity index (χ1n) is 6.36. The number of nitrogens with zero attached hydrogens (tertiary/aromatic N) is 1. The van der Waals surface area contributed by atoms with Gasteiger partial charge in [-0.05, 0) is 31.0 Å². The fraction of sp³-hybridized carbons (Fsp3) is 0.500.